The number of nitrogens with two attached hydrogens (primary N) is 1. The summed E-state index contributed by atoms with van der Waals surface area (Å²) in [6.45, 7) is 4.05. The van der Waals surface area contributed by atoms with Crippen LogP contribution in [0.4, 0.5) is 0 Å². The summed E-state index contributed by atoms with van der Waals surface area (Å²) in [6.07, 6.45) is 1.84. The number of sulfonamides is 1. The summed E-state index contributed by atoms with van der Waals surface area (Å²) < 4.78 is 25.4. The van der Waals surface area contributed by atoms with E-state index in [9.17, 15) is 8.42 Å². The molecular weight excluding hydrogens is 220 g/mol. The molecule has 0 aromatic heterocycles. The van der Waals surface area contributed by atoms with Crippen molar-refractivity contribution in [1.29, 1.82) is 0 Å². The van der Waals surface area contributed by atoms with Gasteiger partial charge in [0.25, 0.3) is 0 Å². The van der Waals surface area contributed by atoms with Gasteiger partial charge in [0, 0.05) is 12.6 Å². The molecule has 0 saturated carbocycles. The molecule has 1 aliphatic heterocycles. The summed E-state index contributed by atoms with van der Waals surface area (Å²) in [5.74, 6) is 0. The minimum Gasteiger partial charge on any atom is -0.392 e. The summed E-state index contributed by atoms with van der Waals surface area (Å²) in [7, 11) is -3.32. The Kier molecular flexibility index (Phi) is 3.49. The van der Waals surface area contributed by atoms with Crippen LogP contribution in [0.25, 0.3) is 0 Å². The van der Waals surface area contributed by atoms with Gasteiger partial charge in [-0.3, -0.25) is 0 Å². The third kappa shape index (κ3) is 2.07. The lowest BCUT2D eigenvalue weighted by Gasteiger charge is -2.24. The van der Waals surface area contributed by atoms with E-state index in [4.69, 9.17) is 18.0 Å². The minimum absolute atomic E-state index is 0.0455. The molecule has 6 heteroatoms. The van der Waals surface area contributed by atoms with Crippen molar-refractivity contribution in [2.75, 3.05) is 6.54 Å². The second-order valence-corrected chi connectivity index (χ2v) is 6.37. The quantitative estimate of drug-likeness (QED) is 0.724. The predicted octanol–water partition coefficient (Wildman–Crippen LogP) is 0.475. The van der Waals surface area contributed by atoms with Crippen LogP contribution in [0.3, 0.4) is 0 Å². The summed E-state index contributed by atoms with van der Waals surface area (Å²) >= 11 is 4.71. The van der Waals surface area contributed by atoms with Crippen LogP contribution in [0, 0.1) is 0 Å². The Labute approximate surface area is 90.5 Å². The Morgan fingerprint density at radius 1 is 1.64 bits per heavy atom. The molecule has 0 aromatic rings. The highest BCUT2D eigenvalue weighted by Crippen LogP contribution is 2.23. The fraction of sp³-hybridized carbons (Fsp3) is 0.875. The van der Waals surface area contributed by atoms with E-state index in [1.165, 1.54) is 4.31 Å². The first-order chi connectivity index (χ1) is 6.37. The lowest BCUT2D eigenvalue weighted by atomic mass is 10.3. The lowest BCUT2D eigenvalue weighted by molar-refractivity contribution is 0.406. The Bertz CT molecular complexity index is 326. The van der Waals surface area contributed by atoms with Gasteiger partial charge in [-0.1, -0.05) is 12.2 Å². The standard InChI is InChI=1S/C8H16N2O2S2/c1-6-4-3-5-10(6)14(11,12)7(2)8(9)13/h6-7H,3-5H2,1-2H3,(H2,9,13). The highest BCUT2D eigenvalue weighted by Gasteiger charge is 2.36. The van der Waals surface area contributed by atoms with Crippen LogP contribution in [0.5, 0.6) is 0 Å². The zero-order valence-electron chi connectivity index (χ0n) is 8.43. The molecule has 14 heavy (non-hydrogen) atoms. The maximum absolute atomic E-state index is 11.9. The first-order valence-electron chi connectivity index (χ1n) is 4.67. The minimum atomic E-state index is -3.32. The molecule has 0 spiro atoms. The number of thiocarbonyl (C=S) groups is 1. The van der Waals surface area contributed by atoms with Gasteiger partial charge in [-0.25, -0.2) is 8.42 Å². The van der Waals surface area contributed by atoms with Gasteiger partial charge in [-0.05, 0) is 26.7 Å². The van der Waals surface area contributed by atoms with Crippen LogP contribution >= 0.6 is 12.2 Å². The normalized spacial score (nSPS) is 26.3. The van der Waals surface area contributed by atoms with Crippen LogP contribution in [0.2, 0.25) is 0 Å². The first kappa shape index (κ1) is 11.9. The Morgan fingerprint density at radius 2 is 2.21 bits per heavy atom. The Hall–Kier alpha value is -0.200. The van der Waals surface area contributed by atoms with E-state index < -0.39 is 15.3 Å². The van der Waals surface area contributed by atoms with Crippen molar-refractivity contribution in [1.82, 2.24) is 4.31 Å². The number of nitrogens with zero attached hydrogens (tertiary/aromatic N) is 1. The molecule has 2 atom stereocenters. The zero-order valence-corrected chi connectivity index (χ0v) is 10.1. The number of hydrogen-bond donors (Lipinski definition) is 1. The van der Waals surface area contributed by atoms with E-state index >= 15 is 0 Å². The van der Waals surface area contributed by atoms with Gasteiger partial charge in [-0.2, -0.15) is 4.31 Å². The molecule has 1 fully saturated rings. The van der Waals surface area contributed by atoms with Gasteiger partial charge in [-0.15, -0.1) is 0 Å². The van der Waals surface area contributed by atoms with E-state index in [-0.39, 0.29) is 11.0 Å². The maximum Gasteiger partial charge on any atom is 0.223 e. The lowest BCUT2D eigenvalue weighted by Crippen LogP contribution is -2.44. The van der Waals surface area contributed by atoms with Crippen molar-refractivity contribution >= 4 is 27.2 Å². The number of hydrogen-bond acceptors (Lipinski definition) is 3. The molecule has 0 amide bonds. The topological polar surface area (TPSA) is 63.4 Å². The number of rotatable bonds is 3. The van der Waals surface area contributed by atoms with Gasteiger partial charge in [0.2, 0.25) is 10.0 Å². The molecule has 0 aliphatic carbocycles. The van der Waals surface area contributed by atoms with Gasteiger partial charge in [0.15, 0.2) is 0 Å². The molecule has 1 saturated heterocycles. The average Bonchev–Trinajstić information content (AvgIpc) is 2.50. The highest BCUT2D eigenvalue weighted by atomic mass is 32.2. The second-order valence-electron chi connectivity index (χ2n) is 3.69. The molecule has 1 rings (SSSR count). The van der Waals surface area contributed by atoms with Gasteiger partial charge in [0.1, 0.15) is 5.25 Å². The molecule has 1 heterocycles. The van der Waals surface area contributed by atoms with Crippen molar-refractivity contribution in [3.8, 4) is 0 Å². The molecular formula is C8H16N2O2S2. The van der Waals surface area contributed by atoms with Crippen molar-refractivity contribution in [3.05, 3.63) is 0 Å². The Balaban J connectivity index is 2.90. The van der Waals surface area contributed by atoms with Gasteiger partial charge < -0.3 is 5.73 Å². The first-order valence-corrected chi connectivity index (χ1v) is 6.58. The third-order valence-electron chi connectivity index (χ3n) is 2.67. The van der Waals surface area contributed by atoms with Crippen molar-refractivity contribution in [2.24, 2.45) is 5.73 Å². The van der Waals surface area contributed by atoms with Crippen LogP contribution in [-0.4, -0.2) is 35.5 Å². The second kappa shape index (κ2) is 4.12. The van der Waals surface area contributed by atoms with Gasteiger partial charge in [0.05, 0.1) is 4.99 Å². The fourth-order valence-corrected chi connectivity index (χ4v) is 3.69. The summed E-state index contributed by atoms with van der Waals surface area (Å²) in [6, 6.07) is 0.0804. The summed E-state index contributed by atoms with van der Waals surface area (Å²) in [4.78, 5) is 0.0455. The SMILES string of the molecule is CC1CCCN1S(=O)(=O)C(C)C(N)=S. The predicted molar refractivity (Wildman–Crippen MR) is 60.6 cm³/mol. The molecule has 2 unspecified atom stereocenters. The molecule has 0 aromatic carbocycles. The highest BCUT2D eigenvalue weighted by molar-refractivity contribution is 7.92. The van der Waals surface area contributed by atoms with E-state index in [0.717, 1.165) is 12.8 Å². The summed E-state index contributed by atoms with van der Waals surface area (Å²) in [5, 5.41) is -0.752. The van der Waals surface area contributed by atoms with E-state index in [1.807, 2.05) is 6.92 Å². The monoisotopic (exact) mass is 236 g/mol. The van der Waals surface area contributed by atoms with E-state index in [2.05, 4.69) is 0 Å². The largest absolute Gasteiger partial charge is 0.392 e. The van der Waals surface area contributed by atoms with E-state index in [0.29, 0.717) is 6.54 Å². The smallest absolute Gasteiger partial charge is 0.223 e. The van der Waals surface area contributed by atoms with E-state index in [1.54, 1.807) is 6.92 Å². The molecule has 0 radical (unpaired) electrons. The molecule has 4 nitrogen and oxygen atoms in total. The van der Waals surface area contributed by atoms with Gasteiger partial charge >= 0.3 is 0 Å². The van der Waals surface area contributed by atoms with Crippen molar-refractivity contribution < 1.29 is 8.42 Å². The molecule has 0 bridgehead atoms. The van der Waals surface area contributed by atoms with Crippen molar-refractivity contribution in [3.63, 3.8) is 0 Å². The molecule has 82 valence electrons. The van der Waals surface area contributed by atoms with Crippen LogP contribution < -0.4 is 5.73 Å². The van der Waals surface area contributed by atoms with Crippen molar-refractivity contribution in [2.45, 2.75) is 38.0 Å². The summed E-state index contributed by atoms with van der Waals surface area (Å²) in [5.41, 5.74) is 5.36. The average molecular weight is 236 g/mol. The van der Waals surface area contributed by atoms with Crippen LogP contribution in [-0.2, 0) is 10.0 Å². The maximum atomic E-state index is 11.9. The van der Waals surface area contributed by atoms with Crippen LogP contribution in [0.15, 0.2) is 0 Å². The molecule has 2 N–H and O–H groups in total. The fourth-order valence-electron chi connectivity index (χ4n) is 1.63. The third-order valence-corrected chi connectivity index (χ3v) is 5.51. The molecule has 1 aliphatic rings. The Morgan fingerprint density at radius 3 is 2.57 bits per heavy atom. The zero-order chi connectivity index (χ0) is 10.9. The van der Waals surface area contributed by atoms with Crippen LogP contribution in [0.1, 0.15) is 26.7 Å².